The molecule has 0 radical (unpaired) electrons. The van der Waals surface area contributed by atoms with E-state index in [0.717, 1.165) is 0 Å². The number of sulfonamides is 1. The van der Waals surface area contributed by atoms with Crippen LogP contribution in [0.4, 0.5) is 0 Å². The summed E-state index contributed by atoms with van der Waals surface area (Å²) in [5.41, 5.74) is 9.97. The van der Waals surface area contributed by atoms with Crippen molar-refractivity contribution >= 4 is 44.3 Å². The molecule has 20 heavy (non-hydrogen) atoms. The van der Waals surface area contributed by atoms with Crippen LogP contribution in [0.5, 0.6) is 0 Å². The number of rotatable bonds is 5. The zero-order valence-corrected chi connectivity index (χ0v) is 14.2. The second kappa shape index (κ2) is 6.86. The van der Waals surface area contributed by atoms with E-state index >= 15 is 0 Å². The summed E-state index contributed by atoms with van der Waals surface area (Å²) in [6, 6.07) is 4.07. The molecular weight excluding hydrogens is 370 g/mol. The van der Waals surface area contributed by atoms with Gasteiger partial charge in [-0.05, 0) is 32.0 Å². The van der Waals surface area contributed by atoms with Crippen LogP contribution in [0.3, 0.4) is 0 Å². The summed E-state index contributed by atoms with van der Waals surface area (Å²) in [6.07, 6.45) is 0. The summed E-state index contributed by atoms with van der Waals surface area (Å²) in [5.74, 6) is -0.698. The molecule has 1 aromatic rings. The number of hydrogen-bond donors (Lipinski definition) is 3. The Morgan fingerprint density at radius 1 is 1.35 bits per heavy atom. The van der Waals surface area contributed by atoms with Gasteiger partial charge in [0.1, 0.15) is 0 Å². The van der Waals surface area contributed by atoms with E-state index in [1.165, 1.54) is 18.2 Å². The molecule has 0 atom stereocenters. The molecule has 1 aromatic carbocycles. The number of nitrogens with one attached hydrogen (secondary N) is 1. The molecule has 0 bridgehead atoms. The van der Waals surface area contributed by atoms with Crippen molar-refractivity contribution in [2.45, 2.75) is 24.3 Å². The zero-order valence-electron chi connectivity index (χ0n) is 11.0. The third-order valence-electron chi connectivity index (χ3n) is 2.39. The van der Waals surface area contributed by atoms with Crippen LogP contribution in [-0.2, 0) is 10.0 Å². The maximum absolute atomic E-state index is 12.2. The fraction of sp³-hybridized carbons (Fsp3) is 0.364. The lowest BCUT2D eigenvalue weighted by atomic mass is 10.1. The van der Waals surface area contributed by atoms with E-state index in [1.54, 1.807) is 13.8 Å². The van der Waals surface area contributed by atoms with Crippen molar-refractivity contribution in [2.75, 3.05) is 6.54 Å². The smallest absolute Gasteiger partial charge is 0.248 e. The average molecular weight is 387 g/mol. The van der Waals surface area contributed by atoms with Gasteiger partial charge in [0.25, 0.3) is 0 Å². The normalized spacial score (nSPS) is 11.8. The van der Waals surface area contributed by atoms with Crippen LogP contribution in [0.15, 0.2) is 27.6 Å². The Morgan fingerprint density at radius 2 is 1.90 bits per heavy atom. The number of carbonyl (C=O) groups is 1. The van der Waals surface area contributed by atoms with E-state index in [-0.39, 0.29) is 29.4 Å². The molecule has 5 N–H and O–H groups in total. The monoisotopic (exact) mass is 385 g/mol. The summed E-state index contributed by atoms with van der Waals surface area (Å²) < 4.78 is 27.3. The molecule has 0 unspecified atom stereocenters. The second-order valence-electron chi connectivity index (χ2n) is 4.73. The van der Waals surface area contributed by atoms with Gasteiger partial charge in [0.05, 0.1) is 4.90 Å². The quantitative estimate of drug-likeness (QED) is 0.699. The molecule has 0 aliphatic rings. The molecule has 114 valence electrons. The van der Waals surface area contributed by atoms with E-state index in [4.69, 9.17) is 11.5 Å². The highest BCUT2D eigenvalue weighted by atomic mass is 79.9. The van der Waals surface area contributed by atoms with Gasteiger partial charge in [0.15, 0.2) is 0 Å². The van der Waals surface area contributed by atoms with Crippen molar-refractivity contribution in [3.8, 4) is 0 Å². The third kappa shape index (κ3) is 5.02. The lowest BCUT2D eigenvalue weighted by Crippen LogP contribution is -2.48. The predicted octanol–water partition coefficient (Wildman–Crippen LogP) is 0.985. The van der Waals surface area contributed by atoms with Gasteiger partial charge in [0, 0.05) is 22.1 Å². The minimum absolute atomic E-state index is 0. The molecule has 1 rings (SSSR count). The Balaban J connectivity index is 0.00000361. The number of halogens is 2. The molecule has 0 aliphatic carbocycles. The number of amides is 1. The molecule has 0 aliphatic heterocycles. The number of carbonyl (C=O) groups excluding carboxylic acids is 1. The minimum Gasteiger partial charge on any atom is -0.366 e. The van der Waals surface area contributed by atoms with E-state index in [1.807, 2.05) is 0 Å². The van der Waals surface area contributed by atoms with Crippen molar-refractivity contribution in [3.05, 3.63) is 28.2 Å². The highest BCUT2D eigenvalue weighted by Gasteiger charge is 2.25. The molecule has 0 saturated heterocycles. The van der Waals surface area contributed by atoms with E-state index in [2.05, 4.69) is 20.7 Å². The van der Waals surface area contributed by atoms with Crippen molar-refractivity contribution in [1.29, 1.82) is 0 Å². The minimum atomic E-state index is -3.78. The molecule has 0 saturated carbocycles. The predicted molar refractivity (Wildman–Crippen MR) is 83.4 cm³/mol. The van der Waals surface area contributed by atoms with Crippen LogP contribution in [0.2, 0.25) is 0 Å². The third-order valence-corrected chi connectivity index (χ3v) is 4.52. The van der Waals surface area contributed by atoms with Crippen LogP contribution in [0, 0.1) is 0 Å². The fourth-order valence-electron chi connectivity index (χ4n) is 1.32. The lowest BCUT2D eigenvalue weighted by Gasteiger charge is -2.24. The van der Waals surface area contributed by atoms with Crippen LogP contribution in [0.1, 0.15) is 24.2 Å². The van der Waals surface area contributed by atoms with E-state index < -0.39 is 21.5 Å². The van der Waals surface area contributed by atoms with Crippen LogP contribution in [0.25, 0.3) is 0 Å². The van der Waals surface area contributed by atoms with Gasteiger partial charge in [-0.15, -0.1) is 12.4 Å². The van der Waals surface area contributed by atoms with Crippen molar-refractivity contribution in [1.82, 2.24) is 4.72 Å². The van der Waals surface area contributed by atoms with Gasteiger partial charge in [-0.3, -0.25) is 4.79 Å². The van der Waals surface area contributed by atoms with E-state index in [0.29, 0.717) is 4.47 Å². The van der Waals surface area contributed by atoms with Crippen LogP contribution >= 0.6 is 28.3 Å². The van der Waals surface area contributed by atoms with Crippen molar-refractivity contribution in [3.63, 3.8) is 0 Å². The molecule has 9 heteroatoms. The molecule has 0 fully saturated rings. The molecule has 0 aromatic heterocycles. The number of hydrogen-bond acceptors (Lipinski definition) is 4. The zero-order chi connectivity index (χ0) is 14.8. The maximum atomic E-state index is 12.2. The molecule has 1 amide bonds. The van der Waals surface area contributed by atoms with Crippen LogP contribution < -0.4 is 16.2 Å². The van der Waals surface area contributed by atoms with Gasteiger partial charge < -0.3 is 11.5 Å². The Hall–Kier alpha value is -0.670. The highest BCUT2D eigenvalue weighted by Crippen LogP contribution is 2.20. The van der Waals surface area contributed by atoms with E-state index in [9.17, 15) is 13.2 Å². The Bertz CT molecular complexity index is 605. The first-order chi connectivity index (χ1) is 8.57. The summed E-state index contributed by atoms with van der Waals surface area (Å²) in [6.45, 7) is 3.47. The number of primary amides is 1. The van der Waals surface area contributed by atoms with Crippen LogP contribution in [-0.4, -0.2) is 26.4 Å². The Labute approximate surface area is 132 Å². The molecular formula is C11H17BrClN3O3S. The van der Waals surface area contributed by atoms with Gasteiger partial charge in [-0.25, -0.2) is 13.1 Å². The maximum Gasteiger partial charge on any atom is 0.248 e. The second-order valence-corrected chi connectivity index (χ2v) is 7.33. The average Bonchev–Trinajstić information content (AvgIpc) is 2.26. The van der Waals surface area contributed by atoms with Crippen molar-refractivity contribution < 1.29 is 13.2 Å². The standard InChI is InChI=1S/C11H16BrN3O3S.ClH/c1-11(2,6-13)15-19(17,18)9-4-7(10(14)16)3-8(12)5-9;/h3-5,15H,6,13H2,1-2H3,(H2,14,16);1H. The topological polar surface area (TPSA) is 115 Å². The van der Waals surface area contributed by atoms with Crippen molar-refractivity contribution in [2.24, 2.45) is 11.5 Å². The van der Waals surface area contributed by atoms with Gasteiger partial charge in [-0.2, -0.15) is 0 Å². The lowest BCUT2D eigenvalue weighted by molar-refractivity contribution is 0.1000. The first-order valence-electron chi connectivity index (χ1n) is 5.42. The summed E-state index contributed by atoms with van der Waals surface area (Å²) in [4.78, 5) is 11.1. The Kier molecular flexibility index (Phi) is 6.63. The summed E-state index contributed by atoms with van der Waals surface area (Å²) in [7, 11) is -3.78. The van der Waals surface area contributed by atoms with Gasteiger partial charge in [-0.1, -0.05) is 15.9 Å². The molecule has 0 spiro atoms. The number of nitrogens with two attached hydrogens (primary N) is 2. The van der Waals surface area contributed by atoms with Gasteiger partial charge in [0.2, 0.25) is 15.9 Å². The fourth-order valence-corrected chi connectivity index (χ4v) is 3.46. The van der Waals surface area contributed by atoms with Gasteiger partial charge >= 0.3 is 0 Å². The summed E-state index contributed by atoms with van der Waals surface area (Å²) in [5, 5.41) is 0. The molecule has 0 heterocycles. The first kappa shape index (κ1) is 19.3. The number of benzene rings is 1. The Morgan fingerprint density at radius 3 is 2.35 bits per heavy atom. The summed E-state index contributed by atoms with van der Waals surface area (Å²) >= 11 is 3.15. The molecule has 6 nitrogen and oxygen atoms in total. The largest absolute Gasteiger partial charge is 0.366 e. The SMILES string of the molecule is CC(C)(CN)NS(=O)(=O)c1cc(Br)cc(C(N)=O)c1.Cl. The first-order valence-corrected chi connectivity index (χ1v) is 7.69. The highest BCUT2D eigenvalue weighted by molar-refractivity contribution is 9.10.